The molecule has 0 heterocycles. The molecule has 1 N–H and O–H groups in total. The lowest BCUT2D eigenvalue weighted by Crippen LogP contribution is -2.33. The minimum Gasteiger partial charge on any atom is -0.497 e. The number of hydrogen-bond acceptors (Lipinski definition) is 5. The molecule has 0 aliphatic heterocycles. The first-order valence-corrected chi connectivity index (χ1v) is 5.65. The molecular weight excluding hydrogens is 264 g/mol. The minimum atomic E-state index is -0.658. The molecule has 106 valence electrons. The summed E-state index contributed by atoms with van der Waals surface area (Å²) in [4.78, 5) is 25.4. The van der Waals surface area contributed by atoms with Crippen LogP contribution in [0.5, 0.6) is 11.5 Å². The van der Waals surface area contributed by atoms with Crippen LogP contribution < -0.4 is 14.8 Å². The third kappa shape index (κ3) is 4.51. The van der Waals surface area contributed by atoms with E-state index in [1.165, 1.54) is 14.2 Å². The van der Waals surface area contributed by atoms with Crippen LogP contribution in [0, 0.1) is 0 Å². The van der Waals surface area contributed by atoms with E-state index in [0.29, 0.717) is 17.1 Å². The van der Waals surface area contributed by atoms with Gasteiger partial charge in [0.25, 0.3) is 0 Å². The summed E-state index contributed by atoms with van der Waals surface area (Å²) < 4.78 is 10.2. The molecule has 0 aromatic heterocycles. The lowest BCUT2D eigenvalue weighted by molar-refractivity contribution is -0.129. The maximum absolute atomic E-state index is 11.7. The number of hydrogen-bond donors (Lipinski definition) is 1. The molecule has 0 bridgehead atoms. The van der Waals surface area contributed by atoms with Gasteiger partial charge in [0.1, 0.15) is 18.0 Å². The van der Waals surface area contributed by atoms with Gasteiger partial charge in [-0.3, -0.25) is 14.9 Å². The third-order valence-corrected chi connectivity index (χ3v) is 2.39. The number of amides is 2. The molecule has 0 fully saturated rings. The van der Waals surface area contributed by atoms with E-state index in [1.807, 2.05) is 0 Å². The first-order chi connectivity index (χ1) is 9.60. The van der Waals surface area contributed by atoms with Gasteiger partial charge in [-0.15, -0.1) is 0 Å². The van der Waals surface area contributed by atoms with E-state index >= 15 is 0 Å². The number of rotatable bonds is 6. The number of carbonyl (C=O) groups excluding carboxylic acids is 2. The summed E-state index contributed by atoms with van der Waals surface area (Å²) in [6, 6.07) is 5.02. The van der Waals surface area contributed by atoms with Crippen LogP contribution in [0.3, 0.4) is 0 Å². The smallest absolute Gasteiger partial charge is 0.232 e. The van der Waals surface area contributed by atoms with Crippen molar-refractivity contribution in [2.24, 2.45) is 5.11 Å². The second-order valence-electron chi connectivity index (χ2n) is 3.71. The topological polar surface area (TPSA) is 113 Å². The Kier molecular flexibility index (Phi) is 5.86. The van der Waals surface area contributed by atoms with Crippen molar-refractivity contribution >= 4 is 11.8 Å². The number of azide groups is 1. The molecule has 1 aromatic carbocycles. The summed E-state index contributed by atoms with van der Waals surface area (Å²) >= 11 is 0. The highest BCUT2D eigenvalue weighted by molar-refractivity contribution is 5.97. The highest BCUT2D eigenvalue weighted by atomic mass is 16.5. The highest BCUT2D eigenvalue weighted by Crippen LogP contribution is 2.24. The number of nitrogens with one attached hydrogen (secondary N) is 1. The van der Waals surface area contributed by atoms with Gasteiger partial charge in [0.15, 0.2) is 0 Å². The van der Waals surface area contributed by atoms with Crippen LogP contribution in [0.1, 0.15) is 5.56 Å². The van der Waals surface area contributed by atoms with Crippen LogP contribution in [-0.4, -0.2) is 32.6 Å². The van der Waals surface area contributed by atoms with E-state index in [4.69, 9.17) is 15.0 Å². The Labute approximate surface area is 115 Å². The van der Waals surface area contributed by atoms with Gasteiger partial charge in [0.2, 0.25) is 11.8 Å². The standard InChI is InChI=1S/C12H14N4O4/c1-19-9-3-4-10(20-2)8(5-9)6-11(17)15-12(18)7-14-16-13/h3-5H,6-7H2,1-2H3,(H,15,17,18). The van der Waals surface area contributed by atoms with Gasteiger partial charge < -0.3 is 9.47 Å². The van der Waals surface area contributed by atoms with Crippen LogP contribution in [0.2, 0.25) is 0 Å². The Morgan fingerprint density at radius 1 is 1.30 bits per heavy atom. The molecular formula is C12H14N4O4. The Morgan fingerprint density at radius 2 is 2.05 bits per heavy atom. The summed E-state index contributed by atoms with van der Waals surface area (Å²) in [5.74, 6) is -0.0817. The van der Waals surface area contributed by atoms with Gasteiger partial charge in [-0.25, -0.2) is 0 Å². The average Bonchev–Trinajstić information content (AvgIpc) is 2.44. The van der Waals surface area contributed by atoms with Gasteiger partial charge in [-0.2, -0.15) is 0 Å². The zero-order valence-corrected chi connectivity index (χ0v) is 11.1. The summed E-state index contributed by atoms with van der Waals surface area (Å²) in [7, 11) is 2.99. The van der Waals surface area contributed by atoms with Gasteiger partial charge in [0.05, 0.1) is 20.6 Å². The number of imide groups is 1. The molecule has 0 unspecified atom stereocenters. The van der Waals surface area contributed by atoms with Crippen LogP contribution in [0.25, 0.3) is 10.4 Å². The largest absolute Gasteiger partial charge is 0.497 e. The molecule has 8 heteroatoms. The second-order valence-corrected chi connectivity index (χ2v) is 3.71. The predicted octanol–water partition coefficient (Wildman–Crippen LogP) is 1.20. The van der Waals surface area contributed by atoms with Crippen molar-refractivity contribution in [2.75, 3.05) is 20.8 Å². The fourth-order valence-corrected chi connectivity index (χ4v) is 1.53. The van der Waals surface area contributed by atoms with Gasteiger partial charge >= 0.3 is 0 Å². The zero-order chi connectivity index (χ0) is 15.0. The molecule has 2 amide bonds. The molecule has 0 saturated carbocycles. The quantitative estimate of drug-likeness (QED) is 0.478. The monoisotopic (exact) mass is 278 g/mol. The summed E-state index contributed by atoms with van der Waals surface area (Å²) in [6.45, 7) is -0.419. The van der Waals surface area contributed by atoms with Crippen molar-refractivity contribution in [1.29, 1.82) is 0 Å². The molecule has 0 atom stereocenters. The Morgan fingerprint density at radius 3 is 2.65 bits per heavy atom. The van der Waals surface area contributed by atoms with Crippen molar-refractivity contribution in [3.05, 3.63) is 34.2 Å². The molecule has 0 aliphatic carbocycles. The summed E-state index contributed by atoms with van der Waals surface area (Å²) in [5.41, 5.74) is 8.66. The Bertz CT molecular complexity index is 552. The Hall–Kier alpha value is -2.73. The molecule has 0 radical (unpaired) electrons. The Balaban J connectivity index is 2.74. The van der Waals surface area contributed by atoms with E-state index in [2.05, 4.69) is 15.3 Å². The molecule has 0 aliphatic rings. The van der Waals surface area contributed by atoms with Gasteiger partial charge in [-0.05, 0) is 23.7 Å². The molecule has 1 rings (SSSR count). The van der Waals surface area contributed by atoms with E-state index < -0.39 is 18.4 Å². The maximum atomic E-state index is 11.7. The van der Waals surface area contributed by atoms with Crippen molar-refractivity contribution < 1.29 is 19.1 Å². The molecule has 8 nitrogen and oxygen atoms in total. The van der Waals surface area contributed by atoms with Crippen molar-refractivity contribution in [1.82, 2.24) is 5.32 Å². The fraction of sp³-hybridized carbons (Fsp3) is 0.333. The van der Waals surface area contributed by atoms with Crippen LogP contribution in [0.4, 0.5) is 0 Å². The van der Waals surface area contributed by atoms with Crippen LogP contribution in [0.15, 0.2) is 23.3 Å². The average molecular weight is 278 g/mol. The van der Waals surface area contributed by atoms with Crippen LogP contribution >= 0.6 is 0 Å². The van der Waals surface area contributed by atoms with Gasteiger partial charge in [0, 0.05) is 10.5 Å². The van der Waals surface area contributed by atoms with E-state index in [-0.39, 0.29) is 6.42 Å². The third-order valence-electron chi connectivity index (χ3n) is 2.39. The molecule has 20 heavy (non-hydrogen) atoms. The number of nitrogens with zero attached hydrogens (tertiary/aromatic N) is 3. The predicted molar refractivity (Wildman–Crippen MR) is 70.4 cm³/mol. The molecule has 0 saturated heterocycles. The summed E-state index contributed by atoms with van der Waals surface area (Å²) in [6.07, 6.45) is -0.0532. The minimum absolute atomic E-state index is 0.0532. The SMILES string of the molecule is COc1ccc(OC)c(CC(=O)NC(=O)CN=[N+]=[N-])c1. The van der Waals surface area contributed by atoms with E-state index in [0.717, 1.165) is 0 Å². The first kappa shape index (κ1) is 15.3. The van der Waals surface area contributed by atoms with Gasteiger partial charge in [-0.1, -0.05) is 5.11 Å². The number of benzene rings is 1. The van der Waals surface area contributed by atoms with Crippen molar-refractivity contribution in [3.8, 4) is 11.5 Å². The number of ether oxygens (including phenoxy) is 2. The summed E-state index contributed by atoms with van der Waals surface area (Å²) in [5, 5.41) is 5.18. The fourth-order valence-electron chi connectivity index (χ4n) is 1.53. The van der Waals surface area contributed by atoms with E-state index in [1.54, 1.807) is 18.2 Å². The normalized spacial score (nSPS) is 9.30. The van der Waals surface area contributed by atoms with Crippen molar-refractivity contribution in [2.45, 2.75) is 6.42 Å². The van der Waals surface area contributed by atoms with Crippen LogP contribution in [-0.2, 0) is 16.0 Å². The van der Waals surface area contributed by atoms with E-state index in [9.17, 15) is 9.59 Å². The molecule has 0 spiro atoms. The molecule has 1 aromatic rings. The first-order valence-electron chi connectivity index (χ1n) is 5.65. The number of methoxy groups -OCH3 is 2. The number of carbonyl (C=O) groups is 2. The lowest BCUT2D eigenvalue weighted by Gasteiger charge is -2.10. The second kappa shape index (κ2) is 7.65. The maximum Gasteiger partial charge on any atom is 0.232 e. The zero-order valence-electron chi connectivity index (χ0n) is 11.1. The highest BCUT2D eigenvalue weighted by Gasteiger charge is 2.12. The van der Waals surface area contributed by atoms with Crippen molar-refractivity contribution in [3.63, 3.8) is 0 Å². The lowest BCUT2D eigenvalue weighted by atomic mass is 10.1.